The van der Waals surface area contributed by atoms with Gasteiger partial charge in [0.25, 0.3) is 11.1 Å². The summed E-state index contributed by atoms with van der Waals surface area (Å²) >= 11 is 1.03. The first-order valence-corrected chi connectivity index (χ1v) is 10.1. The fourth-order valence-corrected chi connectivity index (χ4v) is 3.94. The Hall–Kier alpha value is -3.85. The number of nitrogens with zero attached hydrogens (tertiary/aromatic N) is 3. The van der Waals surface area contributed by atoms with Gasteiger partial charge < -0.3 is 9.47 Å². The molecule has 0 aliphatic heterocycles. The van der Waals surface area contributed by atoms with Gasteiger partial charge in [-0.2, -0.15) is 14.6 Å². The van der Waals surface area contributed by atoms with Gasteiger partial charge in [-0.15, -0.1) is 0 Å². The lowest BCUT2D eigenvalue weighted by Crippen LogP contribution is -2.28. The predicted octanol–water partition coefficient (Wildman–Crippen LogP) is 1.58. The number of methoxy groups -OCH3 is 1. The van der Waals surface area contributed by atoms with Crippen LogP contribution in [0.25, 0.3) is 11.0 Å². The van der Waals surface area contributed by atoms with Gasteiger partial charge in [0.05, 0.1) is 11.6 Å². The van der Waals surface area contributed by atoms with Gasteiger partial charge in [0.1, 0.15) is 5.69 Å². The van der Waals surface area contributed by atoms with Crippen LogP contribution in [0.4, 0.5) is 0 Å². The molecule has 0 bridgehead atoms. The summed E-state index contributed by atoms with van der Waals surface area (Å²) in [5, 5.41) is 4.25. The van der Waals surface area contributed by atoms with E-state index in [1.54, 1.807) is 24.3 Å². The zero-order valence-corrected chi connectivity index (χ0v) is 17.5. The van der Waals surface area contributed by atoms with Crippen LogP contribution < -0.4 is 25.1 Å². The summed E-state index contributed by atoms with van der Waals surface area (Å²) in [5.41, 5.74) is 0.667. The molecule has 2 heterocycles. The minimum absolute atomic E-state index is 0.187. The largest absolute Gasteiger partial charge is 0.493 e. The summed E-state index contributed by atoms with van der Waals surface area (Å²) < 4.78 is 12.0. The molecule has 4 aromatic rings. The maximum absolute atomic E-state index is 12.9. The summed E-state index contributed by atoms with van der Waals surface area (Å²) in [5.74, 6) is 0.0417. The Labute approximate surface area is 180 Å². The van der Waals surface area contributed by atoms with E-state index in [-0.39, 0.29) is 27.4 Å². The minimum atomic E-state index is -0.517. The molecule has 31 heavy (non-hydrogen) atoms. The molecule has 0 spiro atoms. The molecule has 0 aliphatic rings. The van der Waals surface area contributed by atoms with Crippen LogP contribution in [-0.2, 0) is 11.2 Å². The van der Waals surface area contributed by atoms with Gasteiger partial charge in [0.2, 0.25) is 4.96 Å². The van der Waals surface area contributed by atoms with Crippen LogP contribution in [-0.4, -0.2) is 27.7 Å². The molecule has 0 saturated carbocycles. The summed E-state index contributed by atoms with van der Waals surface area (Å²) in [6, 6.07) is 14.4. The van der Waals surface area contributed by atoms with Crippen molar-refractivity contribution in [2.75, 3.05) is 7.11 Å². The number of benzene rings is 2. The van der Waals surface area contributed by atoms with E-state index in [4.69, 9.17) is 9.47 Å². The highest BCUT2D eigenvalue weighted by Crippen LogP contribution is 2.31. The van der Waals surface area contributed by atoms with Crippen molar-refractivity contribution in [1.82, 2.24) is 14.6 Å². The van der Waals surface area contributed by atoms with Crippen molar-refractivity contribution in [3.63, 3.8) is 0 Å². The van der Waals surface area contributed by atoms with E-state index < -0.39 is 17.1 Å². The number of thiazole rings is 1. The van der Waals surface area contributed by atoms with Gasteiger partial charge in [-0.3, -0.25) is 14.4 Å². The quantitative estimate of drug-likeness (QED) is 0.347. The second-order valence-electron chi connectivity index (χ2n) is 6.61. The predicted molar refractivity (Wildman–Crippen MR) is 116 cm³/mol. The van der Waals surface area contributed by atoms with Gasteiger partial charge in [-0.05, 0) is 17.7 Å². The summed E-state index contributed by atoms with van der Waals surface area (Å²) in [6.45, 7) is 1.28. The number of carbonyl (C=O) groups excluding carboxylic acids is 1. The molecule has 2 aromatic carbocycles. The summed E-state index contributed by atoms with van der Waals surface area (Å²) in [7, 11) is 1.46. The number of rotatable bonds is 5. The van der Waals surface area contributed by atoms with Crippen LogP contribution in [0.2, 0.25) is 0 Å². The summed E-state index contributed by atoms with van der Waals surface area (Å²) in [4.78, 5) is 41.1. The Bertz CT molecular complexity index is 1440. The highest BCUT2D eigenvalue weighted by molar-refractivity contribution is 7.15. The molecule has 0 radical (unpaired) electrons. The second-order valence-corrected chi connectivity index (χ2v) is 7.62. The Morgan fingerprint density at radius 3 is 2.61 bits per heavy atom. The van der Waals surface area contributed by atoms with E-state index in [1.807, 2.05) is 30.3 Å². The van der Waals surface area contributed by atoms with Gasteiger partial charge in [0, 0.05) is 18.9 Å². The van der Waals surface area contributed by atoms with E-state index in [0.717, 1.165) is 21.4 Å². The smallest absolute Gasteiger partial charge is 0.308 e. The summed E-state index contributed by atoms with van der Waals surface area (Å²) in [6.07, 6.45) is 1.84. The third-order valence-electron chi connectivity index (χ3n) is 4.43. The molecule has 0 fully saturated rings. The normalized spacial score (nSPS) is 11.6. The number of hydrogen-bond donors (Lipinski definition) is 0. The average Bonchev–Trinajstić information content (AvgIpc) is 3.04. The van der Waals surface area contributed by atoms with Gasteiger partial charge in [0.15, 0.2) is 11.5 Å². The molecule has 2 aromatic heterocycles. The highest BCUT2D eigenvalue weighted by atomic mass is 32.1. The first-order chi connectivity index (χ1) is 15.0. The lowest BCUT2D eigenvalue weighted by molar-refractivity contribution is -0.132. The van der Waals surface area contributed by atoms with Crippen LogP contribution in [0.15, 0.2) is 58.1 Å². The Kier molecular flexibility index (Phi) is 5.59. The molecule has 0 N–H and O–H groups in total. The number of hydrogen-bond acceptors (Lipinski definition) is 8. The fraction of sp³-hybridized carbons (Fsp3) is 0.136. The van der Waals surface area contributed by atoms with E-state index in [2.05, 4.69) is 10.1 Å². The van der Waals surface area contributed by atoms with Crippen molar-refractivity contribution < 1.29 is 14.3 Å². The molecule has 0 atom stereocenters. The third kappa shape index (κ3) is 4.22. The van der Waals surface area contributed by atoms with E-state index in [0.29, 0.717) is 11.3 Å². The SMILES string of the molecule is COc1cccc(/C=c2\sc3nc(=O)c(Cc4ccccc4)nn3c2=O)c1OC(C)=O. The number of aromatic nitrogens is 3. The molecule has 156 valence electrons. The van der Waals surface area contributed by atoms with Crippen molar-refractivity contribution in [1.29, 1.82) is 0 Å². The Balaban J connectivity index is 1.84. The molecule has 0 saturated heterocycles. The van der Waals surface area contributed by atoms with Crippen molar-refractivity contribution in [3.8, 4) is 11.5 Å². The molecule has 8 nitrogen and oxygen atoms in total. The lowest BCUT2D eigenvalue weighted by atomic mass is 10.1. The average molecular weight is 435 g/mol. The number of carbonyl (C=O) groups is 1. The van der Waals surface area contributed by atoms with E-state index in [9.17, 15) is 14.4 Å². The highest BCUT2D eigenvalue weighted by Gasteiger charge is 2.14. The van der Waals surface area contributed by atoms with Crippen molar-refractivity contribution in [2.45, 2.75) is 13.3 Å². The number of para-hydroxylation sites is 1. The van der Waals surface area contributed by atoms with Gasteiger partial charge in [-0.25, -0.2) is 0 Å². The van der Waals surface area contributed by atoms with Crippen LogP contribution >= 0.6 is 11.3 Å². The number of fused-ring (bicyclic) bond motifs is 1. The maximum atomic E-state index is 12.9. The van der Waals surface area contributed by atoms with Crippen molar-refractivity contribution in [2.24, 2.45) is 0 Å². The Morgan fingerprint density at radius 1 is 1.13 bits per heavy atom. The van der Waals surface area contributed by atoms with E-state index in [1.165, 1.54) is 14.0 Å². The third-order valence-corrected chi connectivity index (χ3v) is 5.39. The van der Waals surface area contributed by atoms with Crippen molar-refractivity contribution in [3.05, 3.63) is 90.6 Å². The van der Waals surface area contributed by atoms with Crippen LogP contribution in [0.1, 0.15) is 23.7 Å². The molecule has 0 unspecified atom stereocenters. The molecule has 4 rings (SSSR count). The molecule has 0 amide bonds. The monoisotopic (exact) mass is 435 g/mol. The topological polar surface area (TPSA) is 99.9 Å². The minimum Gasteiger partial charge on any atom is -0.493 e. The van der Waals surface area contributed by atoms with Crippen LogP contribution in [0, 0.1) is 0 Å². The van der Waals surface area contributed by atoms with Gasteiger partial charge in [-0.1, -0.05) is 53.8 Å². The second kappa shape index (κ2) is 8.49. The van der Waals surface area contributed by atoms with Crippen molar-refractivity contribution >= 4 is 28.3 Å². The van der Waals surface area contributed by atoms with Crippen LogP contribution in [0.3, 0.4) is 0 Å². The molecule has 9 heteroatoms. The lowest BCUT2D eigenvalue weighted by Gasteiger charge is -2.10. The van der Waals surface area contributed by atoms with E-state index >= 15 is 0 Å². The standard InChI is InChI=1S/C22H17N3O5S/c1-13(26)30-19-15(9-6-10-17(19)29-2)12-18-21(28)25-22(31-18)23-20(27)16(24-25)11-14-7-4-3-5-8-14/h3-10,12H,11H2,1-2H3/b18-12-. The molecular formula is C22H17N3O5S. The zero-order chi connectivity index (χ0) is 22.0. The molecular weight excluding hydrogens is 418 g/mol. The molecule has 0 aliphatic carbocycles. The van der Waals surface area contributed by atoms with Crippen LogP contribution in [0.5, 0.6) is 11.5 Å². The van der Waals surface area contributed by atoms with Gasteiger partial charge >= 0.3 is 5.97 Å². The Morgan fingerprint density at radius 2 is 1.90 bits per heavy atom. The first-order valence-electron chi connectivity index (χ1n) is 9.30. The number of ether oxygens (including phenoxy) is 2. The zero-order valence-electron chi connectivity index (χ0n) is 16.7. The first kappa shape index (κ1) is 20.4. The fourth-order valence-electron chi connectivity index (χ4n) is 3.04. The number of esters is 1. The maximum Gasteiger partial charge on any atom is 0.308 e.